The number of hydrogen-bond donors (Lipinski definition) is 1. The summed E-state index contributed by atoms with van der Waals surface area (Å²) in [6.07, 6.45) is 1.69. The van der Waals surface area contributed by atoms with Crippen LogP contribution in [0.4, 0.5) is 0 Å². The van der Waals surface area contributed by atoms with E-state index in [0.29, 0.717) is 12.1 Å². The average molecular weight is 344 g/mol. The summed E-state index contributed by atoms with van der Waals surface area (Å²) in [5.41, 5.74) is 0.675. The number of hydrogen-bond acceptors (Lipinski definition) is 6. The van der Waals surface area contributed by atoms with Crippen molar-refractivity contribution < 1.29 is 18.7 Å². The van der Waals surface area contributed by atoms with E-state index in [1.165, 1.54) is 0 Å². The number of rotatable bonds is 8. The molecule has 6 nitrogen and oxygen atoms in total. The van der Waals surface area contributed by atoms with Crippen LogP contribution in [0.5, 0.6) is 5.75 Å². The predicted molar refractivity (Wildman–Crippen MR) is 94.0 cm³/mol. The second kappa shape index (κ2) is 8.80. The van der Waals surface area contributed by atoms with Gasteiger partial charge in [0, 0.05) is 25.2 Å². The van der Waals surface area contributed by atoms with Gasteiger partial charge in [-0.2, -0.15) is 0 Å². The van der Waals surface area contributed by atoms with E-state index in [2.05, 4.69) is 10.2 Å². The lowest BCUT2D eigenvalue weighted by Gasteiger charge is -2.33. The molecule has 1 saturated heterocycles. The van der Waals surface area contributed by atoms with Gasteiger partial charge < -0.3 is 19.2 Å². The van der Waals surface area contributed by atoms with Crippen LogP contribution >= 0.6 is 0 Å². The maximum atomic E-state index is 12.3. The number of benzene rings is 1. The molecule has 1 atom stereocenters. The van der Waals surface area contributed by atoms with Crippen LogP contribution in [0.25, 0.3) is 0 Å². The van der Waals surface area contributed by atoms with Gasteiger partial charge in [-0.1, -0.05) is 0 Å². The standard InChI is InChI=1S/C19H24N2O4/c1-23-16-6-4-15(5-7-16)18(22)14-20-13-17(19-3-2-10-25-19)21-8-11-24-12-9-21/h2-7,10,17,20H,8-9,11-14H2,1H3. The third-order valence-corrected chi connectivity index (χ3v) is 4.39. The van der Waals surface area contributed by atoms with Gasteiger partial charge in [0.15, 0.2) is 5.78 Å². The van der Waals surface area contributed by atoms with E-state index in [1.54, 1.807) is 37.6 Å². The highest BCUT2D eigenvalue weighted by Crippen LogP contribution is 2.21. The molecule has 0 aliphatic carbocycles. The van der Waals surface area contributed by atoms with Gasteiger partial charge in [-0.3, -0.25) is 9.69 Å². The fourth-order valence-electron chi connectivity index (χ4n) is 2.98. The van der Waals surface area contributed by atoms with Gasteiger partial charge in [-0.25, -0.2) is 0 Å². The van der Waals surface area contributed by atoms with Crippen molar-refractivity contribution in [3.05, 3.63) is 54.0 Å². The van der Waals surface area contributed by atoms with E-state index in [4.69, 9.17) is 13.9 Å². The molecular weight excluding hydrogens is 320 g/mol. The average Bonchev–Trinajstić information content (AvgIpc) is 3.20. The molecule has 0 spiro atoms. The van der Waals surface area contributed by atoms with Crippen LogP contribution in [0.3, 0.4) is 0 Å². The number of ketones is 1. The molecule has 25 heavy (non-hydrogen) atoms. The van der Waals surface area contributed by atoms with Crippen molar-refractivity contribution in [2.45, 2.75) is 6.04 Å². The maximum absolute atomic E-state index is 12.3. The van der Waals surface area contributed by atoms with Crippen molar-refractivity contribution >= 4 is 5.78 Å². The second-order valence-electron chi connectivity index (χ2n) is 5.96. The van der Waals surface area contributed by atoms with Crippen LogP contribution in [0, 0.1) is 0 Å². The summed E-state index contributed by atoms with van der Waals surface area (Å²) >= 11 is 0. The lowest BCUT2D eigenvalue weighted by Crippen LogP contribution is -2.43. The molecular formula is C19H24N2O4. The molecule has 0 bridgehead atoms. The van der Waals surface area contributed by atoms with Crippen LogP contribution < -0.4 is 10.1 Å². The van der Waals surface area contributed by atoms with Crippen molar-refractivity contribution in [3.8, 4) is 5.75 Å². The molecule has 134 valence electrons. The van der Waals surface area contributed by atoms with Gasteiger partial charge in [0.25, 0.3) is 0 Å². The summed E-state index contributed by atoms with van der Waals surface area (Å²) in [5, 5.41) is 3.27. The van der Waals surface area contributed by atoms with Crippen LogP contribution in [-0.2, 0) is 4.74 Å². The van der Waals surface area contributed by atoms with Gasteiger partial charge in [0.05, 0.1) is 39.2 Å². The Bertz CT molecular complexity index is 649. The molecule has 6 heteroatoms. The molecule has 3 rings (SSSR count). The van der Waals surface area contributed by atoms with Crippen molar-refractivity contribution in [2.24, 2.45) is 0 Å². The highest BCUT2D eigenvalue weighted by Gasteiger charge is 2.24. The van der Waals surface area contributed by atoms with Crippen molar-refractivity contribution in [1.29, 1.82) is 0 Å². The largest absolute Gasteiger partial charge is 0.497 e. The zero-order chi connectivity index (χ0) is 17.5. The lowest BCUT2D eigenvalue weighted by molar-refractivity contribution is 0.0118. The Balaban J connectivity index is 1.56. The number of carbonyl (C=O) groups excluding carboxylic acids is 1. The SMILES string of the molecule is COc1ccc(C(=O)CNCC(c2ccco2)N2CCOCC2)cc1. The minimum Gasteiger partial charge on any atom is -0.497 e. The number of nitrogens with zero attached hydrogens (tertiary/aromatic N) is 1. The highest BCUT2D eigenvalue weighted by molar-refractivity contribution is 5.97. The topological polar surface area (TPSA) is 63.9 Å². The smallest absolute Gasteiger partial charge is 0.176 e. The predicted octanol–water partition coefficient (Wildman–Crippen LogP) is 2.13. The molecule has 0 saturated carbocycles. The first-order valence-corrected chi connectivity index (χ1v) is 8.51. The summed E-state index contributed by atoms with van der Waals surface area (Å²) in [4.78, 5) is 14.7. The summed E-state index contributed by atoms with van der Waals surface area (Å²) in [7, 11) is 1.61. The Morgan fingerprint density at radius 1 is 1.24 bits per heavy atom. The normalized spacial score (nSPS) is 16.5. The van der Waals surface area contributed by atoms with E-state index in [1.807, 2.05) is 12.1 Å². The molecule has 2 heterocycles. The van der Waals surface area contributed by atoms with E-state index in [-0.39, 0.29) is 18.4 Å². The quantitative estimate of drug-likeness (QED) is 0.740. The Morgan fingerprint density at radius 2 is 2.00 bits per heavy atom. The molecule has 1 aliphatic rings. The summed E-state index contributed by atoms with van der Waals surface area (Å²) in [6.45, 7) is 4.10. The number of carbonyl (C=O) groups is 1. The minimum atomic E-state index is 0.0582. The Morgan fingerprint density at radius 3 is 2.64 bits per heavy atom. The number of morpholine rings is 1. The first-order valence-electron chi connectivity index (χ1n) is 8.51. The molecule has 0 amide bonds. The zero-order valence-corrected chi connectivity index (χ0v) is 14.4. The van der Waals surface area contributed by atoms with Crippen LogP contribution in [-0.4, -0.2) is 57.2 Å². The third-order valence-electron chi connectivity index (χ3n) is 4.39. The number of methoxy groups -OCH3 is 1. The number of Topliss-reactive ketones (excluding diaryl/α,β-unsaturated/α-hetero) is 1. The monoisotopic (exact) mass is 344 g/mol. The summed E-state index contributed by atoms with van der Waals surface area (Å²) in [5.74, 6) is 1.71. The fourth-order valence-corrected chi connectivity index (χ4v) is 2.98. The molecule has 1 aliphatic heterocycles. The highest BCUT2D eigenvalue weighted by atomic mass is 16.5. The van der Waals surface area contributed by atoms with E-state index < -0.39 is 0 Å². The summed E-state index contributed by atoms with van der Waals surface area (Å²) in [6, 6.07) is 11.1. The van der Waals surface area contributed by atoms with Gasteiger partial charge in [0.1, 0.15) is 11.5 Å². The lowest BCUT2D eigenvalue weighted by atomic mass is 10.1. The number of nitrogens with one attached hydrogen (secondary N) is 1. The van der Waals surface area contributed by atoms with E-state index >= 15 is 0 Å². The number of furan rings is 1. The Labute approximate surface area is 147 Å². The van der Waals surface area contributed by atoms with Gasteiger partial charge >= 0.3 is 0 Å². The van der Waals surface area contributed by atoms with Crippen molar-refractivity contribution in [3.63, 3.8) is 0 Å². The first kappa shape index (κ1) is 17.7. The third kappa shape index (κ3) is 4.69. The fraction of sp³-hybridized carbons (Fsp3) is 0.421. The first-order chi connectivity index (χ1) is 12.3. The molecule has 1 aromatic heterocycles. The minimum absolute atomic E-state index is 0.0582. The maximum Gasteiger partial charge on any atom is 0.176 e. The summed E-state index contributed by atoms with van der Waals surface area (Å²) < 4.78 is 16.1. The molecule has 1 unspecified atom stereocenters. The molecule has 0 radical (unpaired) electrons. The van der Waals surface area contributed by atoms with E-state index in [0.717, 1.165) is 37.8 Å². The Kier molecular flexibility index (Phi) is 6.22. The van der Waals surface area contributed by atoms with Gasteiger partial charge in [-0.05, 0) is 36.4 Å². The van der Waals surface area contributed by atoms with Crippen LogP contribution in [0.15, 0.2) is 47.1 Å². The van der Waals surface area contributed by atoms with Gasteiger partial charge in [0.2, 0.25) is 0 Å². The van der Waals surface area contributed by atoms with Crippen LogP contribution in [0.1, 0.15) is 22.2 Å². The zero-order valence-electron chi connectivity index (χ0n) is 14.4. The number of ether oxygens (including phenoxy) is 2. The molecule has 1 fully saturated rings. The van der Waals surface area contributed by atoms with Gasteiger partial charge in [-0.15, -0.1) is 0 Å². The molecule has 2 aromatic rings. The van der Waals surface area contributed by atoms with E-state index in [9.17, 15) is 4.79 Å². The second-order valence-corrected chi connectivity index (χ2v) is 5.96. The molecule has 1 N–H and O–H groups in total. The molecule has 1 aromatic carbocycles. The van der Waals surface area contributed by atoms with Crippen molar-refractivity contribution in [2.75, 3.05) is 46.5 Å². The van der Waals surface area contributed by atoms with Crippen molar-refractivity contribution in [1.82, 2.24) is 10.2 Å². The van der Waals surface area contributed by atoms with Crippen LogP contribution in [0.2, 0.25) is 0 Å². The Hall–Kier alpha value is -2.15.